The van der Waals surface area contributed by atoms with Crippen LogP contribution in [0.3, 0.4) is 0 Å². The second-order valence-corrected chi connectivity index (χ2v) is 4.53. The van der Waals surface area contributed by atoms with Crippen LogP contribution in [0, 0.1) is 23.2 Å². The number of hydrogen-bond acceptors (Lipinski definition) is 1. The number of nitrogens with one attached hydrogen (secondary N) is 1. The van der Waals surface area contributed by atoms with Crippen molar-refractivity contribution in [1.82, 2.24) is 5.32 Å². The molecule has 0 aromatic heterocycles. The van der Waals surface area contributed by atoms with Crippen molar-refractivity contribution in [2.45, 2.75) is 33.6 Å². The highest BCUT2D eigenvalue weighted by atomic mass is 16.2. The summed E-state index contributed by atoms with van der Waals surface area (Å²) in [6.07, 6.45) is 1.65. The largest absolute Gasteiger partial charge is 0.356 e. The van der Waals surface area contributed by atoms with Gasteiger partial charge in [0.25, 0.3) is 0 Å². The summed E-state index contributed by atoms with van der Waals surface area (Å²) < 4.78 is 0. The Hall–Kier alpha value is -0.970. The lowest BCUT2D eigenvalue weighted by Crippen LogP contribution is -2.18. The van der Waals surface area contributed by atoms with Crippen LogP contribution in [0.2, 0.25) is 0 Å². The predicted molar refractivity (Wildman–Crippen MR) is 53.0 cm³/mol. The van der Waals surface area contributed by atoms with Crippen LogP contribution in [-0.4, -0.2) is 12.5 Å². The maximum atomic E-state index is 11.2. The summed E-state index contributed by atoms with van der Waals surface area (Å²) in [5.74, 6) is 6.53. The van der Waals surface area contributed by atoms with Crippen LogP contribution in [-0.2, 0) is 4.79 Å². The van der Waals surface area contributed by atoms with Crippen molar-refractivity contribution in [1.29, 1.82) is 0 Å². The van der Waals surface area contributed by atoms with Gasteiger partial charge in [0.05, 0.1) is 5.92 Å². The van der Waals surface area contributed by atoms with Crippen molar-refractivity contribution in [3.8, 4) is 11.8 Å². The topological polar surface area (TPSA) is 29.1 Å². The van der Waals surface area contributed by atoms with E-state index in [0.717, 1.165) is 13.0 Å². The van der Waals surface area contributed by atoms with E-state index in [4.69, 9.17) is 0 Å². The van der Waals surface area contributed by atoms with E-state index in [-0.39, 0.29) is 17.2 Å². The zero-order valence-corrected chi connectivity index (χ0v) is 8.61. The molecule has 0 bridgehead atoms. The van der Waals surface area contributed by atoms with Crippen molar-refractivity contribution in [3.63, 3.8) is 0 Å². The van der Waals surface area contributed by atoms with Crippen LogP contribution in [0.15, 0.2) is 0 Å². The van der Waals surface area contributed by atoms with Crippen LogP contribution in [0.25, 0.3) is 0 Å². The smallest absolute Gasteiger partial charge is 0.224 e. The van der Waals surface area contributed by atoms with Gasteiger partial charge in [0, 0.05) is 18.4 Å². The molecule has 0 spiro atoms. The van der Waals surface area contributed by atoms with Crippen LogP contribution in [0.4, 0.5) is 0 Å². The molecule has 0 saturated carbocycles. The molecule has 13 heavy (non-hydrogen) atoms. The van der Waals surface area contributed by atoms with E-state index < -0.39 is 0 Å². The number of amides is 1. The van der Waals surface area contributed by atoms with Crippen molar-refractivity contribution >= 4 is 5.91 Å². The van der Waals surface area contributed by atoms with Gasteiger partial charge in [0.15, 0.2) is 0 Å². The van der Waals surface area contributed by atoms with Gasteiger partial charge in [-0.05, 0) is 27.2 Å². The molecule has 1 heterocycles. The SMILES string of the molecule is CC(C)(C)C#CCC1CCNC1=O. The van der Waals surface area contributed by atoms with Gasteiger partial charge in [-0.15, -0.1) is 5.92 Å². The van der Waals surface area contributed by atoms with Gasteiger partial charge in [-0.25, -0.2) is 0 Å². The third-order valence-corrected chi connectivity index (χ3v) is 1.97. The Kier molecular flexibility index (Phi) is 2.98. The molecule has 1 aliphatic rings. The summed E-state index contributed by atoms with van der Waals surface area (Å²) >= 11 is 0. The molecule has 1 saturated heterocycles. The first-order valence-corrected chi connectivity index (χ1v) is 4.77. The molecular weight excluding hydrogens is 162 g/mol. The lowest BCUT2D eigenvalue weighted by atomic mass is 9.96. The zero-order valence-electron chi connectivity index (χ0n) is 8.61. The first-order valence-electron chi connectivity index (χ1n) is 4.77. The molecule has 1 atom stereocenters. The van der Waals surface area contributed by atoms with Gasteiger partial charge in [-0.2, -0.15) is 0 Å². The maximum Gasteiger partial charge on any atom is 0.224 e. The van der Waals surface area contributed by atoms with Crippen LogP contribution in [0.1, 0.15) is 33.6 Å². The normalized spacial score (nSPS) is 22.1. The minimum Gasteiger partial charge on any atom is -0.356 e. The Bertz CT molecular complexity index is 251. The van der Waals surface area contributed by atoms with E-state index in [9.17, 15) is 4.79 Å². The van der Waals surface area contributed by atoms with Gasteiger partial charge in [0.2, 0.25) is 5.91 Å². The number of carbonyl (C=O) groups excluding carboxylic acids is 1. The molecule has 2 nitrogen and oxygen atoms in total. The molecule has 1 rings (SSSR count). The fraction of sp³-hybridized carbons (Fsp3) is 0.727. The molecule has 0 aliphatic carbocycles. The molecule has 1 amide bonds. The molecule has 72 valence electrons. The fourth-order valence-electron chi connectivity index (χ4n) is 1.28. The van der Waals surface area contributed by atoms with Crippen molar-refractivity contribution < 1.29 is 4.79 Å². The van der Waals surface area contributed by atoms with Gasteiger partial charge in [0.1, 0.15) is 0 Å². The summed E-state index contributed by atoms with van der Waals surface area (Å²) in [6.45, 7) is 7.05. The van der Waals surface area contributed by atoms with Crippen molar-refractivity contribution in [2.75, 3.05) is 6.54 Å². The van der Waals surface area contributed by atoms with Gasteiger partial charge < -0.3 is 5.32 Å². The van der Waals surface area contributed by atoms with Gasteiger partial charge in [-0.1, -0.05) is 5.92 Å². The summed E-state index contributed by atoms with van der Waals surface area (Å²) in [5.41, 5.74) is 0.0507. The standard InChI is InChI=1S/C11H17NO/c1-11(2,3)7-4-5-9-6-8-12-10(9)13/h9H,5-6,8H2,1-3H3,(H,12,13). The molecule has 0 radical (unpaired) electrons. The van der Waals surface area contributed by atoms with E-state index in [1.165, 1.54) is 0 Å². The van der Waals surface area contributed by atoms with Crippen LogP contribution < -0.4 is 5.32 Å². The highest BCUT2D eigenvalue weighted by molar-refractivity contribution is 5.80. The Morgan fingerprint density at radius 1 is 1.54 bits per heavy atom. The van der Waals surface area contributed by atoms with Crippen LogP contribution >= 0.6 is 0 Å². The molecule has 1 unspecified atom stereocenters. The highest BCUT2D eigenvalue weighted by Gasteiger charge is 2.22. The van der Waals surface area contributed by atoms with E-state index in [0.29, 0.717) is 6.42 Å². The van der Waals surface area contributed by atoms with E-state index >= 15 is 0 Å². The number of hydrogen-bond donors (Lipinski definition) is 1. The zero-order chi connectivity index (χ0) is 9.90. The first kappa shape index (κ1) is 10.1. The molecule has 0 aromatic rings. The fourth-order valence-corrected chi connectivity index (χ4v) is 1.28. The summed E-state index contributed by atoms with van der Waals surface area (Å²) in [7, 11) is 0. The third kappa shape index (κ3) is 3.50. The molecular formula is C11H17NO. The lowest BCUT2D eigenvalue weighted by molar-refractivity contribution is -0.122. The second kappa shape index (κ2) is 3.83. The van der Waals surface area contributed by atoms with Crippen molar-refractivity contribution in [3.05, 3.63) is 0 Å². The quantitative estimate of drug-likeness (QED) is 0.608. The second-order valence-electron chi connectivity index (χ2n) is 4.53. The summed E-state index contributed by atoms with van der Waals surface area (Å²) in [6, 6.07) is 0. The summed E-state index contributed by atoms with van der Waals surface area (Å²) in [5, 5.41) is 2.81. The molecule has 2 heteroatoms. The maximum absolute atomic E-state index is 11.2. The Labute approximate surface area is 80.1 Å². The monoisotopic (exact) mass is 179 g/mol. The van der Waals surface area contributed by atoms with Crippen molar-refractivity contribution in [2.24, 2.45) is 11.3 Å². The molecule has 1 fully saturated rings. The Morgan fingerprint density at radius 3 is 2.69 bits per heavy atom. The third-order valence-electron chi connectivity index (χ3n) is 1.97. The Balaban J connectivity index is 2.40. The summed E-state index contributed by atoms with van der Waals surface area (Å²) in [4.78, 5) is 11.2. The minimum absolute atomic E-state index is 0.0507. The number of rotatable bonds is 1. The van der Waals surface area contributed by atoms with E-state index in [2.05, 4.69) is 37.9 Å². The number of carbonyl (C=O) groups is 1. The van der Waals surface area contributed by atoms with Crippen LogP contribution in [0.5, 0.6) is 0 Å². The molecule has 1 aliphatic heterocycles. The molecule has 1 N–H and O–H groups in total. The predicted octanol–water partition coefficient (Wildman–Crippen LogP) is 1.56. The molecule has 0 aromatic carbocycles. The highest BCUT2D eigenvalue weighted by Crippen LogP contribution is 2.14. The Morgan fingerprint density at radius 2 is 2.23 bits per heavy atom. The average Bonchev–Trinajstić information content (AvgIpc) is 2.34. The minimum atomic E-state index is 0.0507. The van der Waals surface area contributed by atoms with E-state index in [1.54, 1.807) is 0 Å². The van der Waals surface area contributed by atoms with E-state index in [1.807, 2.05) is 0 Å². The van der Waals surface area contributed by atoms with Gasteiger partial charge in [-0.3, -0.25) is 4.79 Å². The lowest BCUT2D eigenvalue weighted by Gasteiger charge is -2.07. The average molecular weight is 179 g/mol. The first-order chi connectivity index (χ1) is 5.99. The van der Waals surface area contributed by atoms with Gasteiger partial charge >= 0.3 is 0 Å².